The molecule has 0 aliphatic rings. The molecule has 0 aliphatic carbocycles. The van der Waals surface area contributed by atoms with Crippen LogP contribution in [0.25, 0.3) is 0 Å². The number of nitrogens with zero attached hydrogens (tertiary/aromatic N) is 2. The van der Waals surface area contributed by atoms with Crippen LogP contribution in [0.4, 0.5) is 0 Å². The first kappa shape index (κ1) is 14.1. The van der Waals surface area contributed by atoms with Crippen LogP contribution in [0.3, 0.4) is 0 Å². The van der Waals surface area contributed by atoms with Gasteiger partial charge in [-0.15, -0.1) is 0 Å². The molecule has 0 bridgehead atoms. The number of aromatic nitrogens is 2. The third-order valence-electron chi connectivity index (χ3n) is 3.23. The molecule has 17 heavy (non-hydrogen) atoms. The molecule has 0 radical (unpaired) electrons. The Morgan fingerprint density at radius 1 is 1.24 bits per heavy atom. The van der Waals surface area contributed by atoms with Gasteiger partial charge in [-0.25, -0.2) is 9.97 Å². The van der Waals surface area contributed by atoms with Gasteiger partial charge in [-0.1, -0.05) is 34.1 Å². The fraction of sp³-hybridized carbons (Fsp3) is 0.714. The van der Waals surface area contributed by atoms with Crippen molar-refractivity contribution in [3.63, 3.8) is 0 Å². The van der Waals surface area contributed by atoms with Gasteiger partial charge in [-0.05, 0) is 25.5 Å². The van der Waals surface area contributed by atoms with Crippen molar-refractivity contribution in [2.45, 2.75) is 58.9 Å². The van der Waals surface area contributed by atoms with E-state index in [-0.39, 0.29) is 0 Å². The number of rotatable bonds is 7. The summed E-state index contributed by atoms with van der Waals surface area (Å²) in [6.45, 7) is 9.80. The molecule has 0 aliphatic heterocycles. The summed E-state index contributed by atoms with van der Waals surface area (Å²) in [5, 5.41) is 3.52. The molecule has 0 saturated carbocycles. The summed E-state index contributed by atoms with van der Waals surface area (Å²) in [5.41, 5.74) is 2.33. The van der Waals surface area contributed by atoms with Crippen molar-refractivity contribution in [1.82, 2.24) is 15.3 Å². The predicted molar refractivity (Wildman–Crippen MR) is 72.2 cm³/mol. The lowest BCUT2D eigenvalue weighted by Crippen LogP contribution is -2.33. The van der Waals surface area contributed by atoms with Gasteiger partial charge in [0.25, 0.3) is 0 Å². The number of likely N-dealkylation sites (N-methyl/N-ethyl adjacent to an activating group) is 1. The second-order valence-electron chi connectivity index (χ2n) is 4.55. The van der Waals surface area contributed by atoms with E-state index < -0.39 is 0 Å². The fourth-order valence-corrected chi connectivity index (χ4v) is 2.20. The van der Waals surface area contributed by atoms with Gasteiger partial charge < -0.3 is 5.32 Å². The van der Waals surface area contributed by atoms with Gasteiger partial charge in [-0.3, -0.25) is 0 Å². The summed E-state index contributed by atoms with van der Waals surface area (Å²) in [7, 11) is 0. The normalized spacial score (nSPS) is 14.6. The molecule has 2 unspecified atom stereocenters. The highest BCUT2D eigenvalue weighted by Gasteiger charge is 2.17. The van der Waals surface area contributed by atoms with Crippen LogP contribution >= 0.6 is 0 Å². The molecule has 2 atom stereocenters. The highest BCUT2D eigenvalue weighted by Crippen LogP contribution is 2.19. The SMILES string of the molecule is CCCc1cc(C(C)C(CC)NCC)ncn1. The molecule has 1 heterocycles. The quantitative estimate of drug-likeness (QED) is 0.789. The Morgan fingerprint density at radius 2 is 2.00 bits per heavy atom. The van der Waals surface area contributed by atoms with Gasteiger partial charge in [0.2, 0.25) is 0 Å². The predicted octanol–water partition coefficient (Wildman–Crippen LogP) is 2.92. The highest BCUT2D eigenvalue weighted by molar-refractivity contribution is 5.14. The molecule has 3 nitrogen and oxygen atoms in total. The van der Waals surface area contributed by atoms with E-state index in [1.165, 1.54) is 0 Å². The zero-order chi connectivity index (χ0) is 12.7. The number of hydrogen-bond donors (Lipinski definition) is 1. The molecule has 0 aromatic carbocycles. The van der Waals surface area contributed by atoms with Crippen molar-refractivity contribution in [3.8, 4) is 0 Å². The third kappa shape index (κ3) is 4.08. The summed E-state index contributed by atoms with van der Waals surface area (Å²) in [6, 6.07) is 2.66. The maximum absolute atomic E-state index is 4.42. The smallest absolute Gasteiger partial charge is 0.115 e. The van der Waals surface area contributed by atoms with Crippen LogP contribution in [0.1, 0.15) is 57.8 Å². The van der Waals surface area contributed by atoms with E-state index in [0.717, 1.165) is 37.2 Å². The Balaban J connectivity index is 2.79. The zero-order valence-electron chi connectivity index (χ0n) is 11.5. The van der Waals surface area contributed by atoms with Crippen LogP contribution in [0.2, 0.25) is 0 Å². The van der Waals surface area contributed by atoms with Crippen molar-refractivity contribution in [3.05, 3.63) is 23.8 Å². The molecular formula is C14H25N3. The zero-order valence-corrected chi connectivity index (χ0v) is 11.5. The lowest BCUT2D eigenvalue weighted by Gasteiger charge is -2.23. The highest BCUT2D eigenvalue weighted by atomic mass is 14.9. The molecule has 0 fully saturated rings. The molecule has 0 spiro atoms. The monoisotopic (exact) mass is 235 g/mol. The first-order chi connectivity index (χ1) is 8.22. The van der Waals surface area contributed by atoms with Gasteiger partial charge in [-0.2, -0.15) is 0 Å². The van der Waals surface area contributed by atoms with E-state index in [1.807, 2.05) is 0 Å². The topological polar surface area (TPSA) is 37.8 Å². The van der Waals surface area contributed by atoms with Gasteiger partial charge in [0.05, 0.1) is 0 Å². The van der Waals surface area contributed by atoms with Crippen LogP contribution in [-0.4, -0.2) is 22.6 Å². The molecule has 3 heteroatoms. The van der Waals surface area contributed by atoms with Crippen LogP contribution in [-0.2, 0) is 6.42 Å². The van der Waals surface area contributed by atoms with Gasteiger partial charge in [0, 0.05) is 23.3 Å². The van der Waals surface area contributed by atoms with Gasteiger partial charge in [0.1, 0.15) is 6.33 Å². The third-order valence-corrected chi connectivity index (χ3v) is 3.23. The summed E-state index contributed by atoms with van der Waals surface area (Å²) < 4.78 is 0. The summed E-state index contributed by atoms with van der Waals surface area (Å²) >= 11 is 0. The molecule has 1 rings (SSSR count). The van der Waals surface area contributed by atoms with Crippen molar-refractivity contribution < 1.29 is 0 Å². The van der Waals surface area contributed by atoms with Gasteiger partial charge in [0.15, 0.2) is 0 Å². The molecule has 0 saturated heterocycles. The minimum Gasteiger partial charge on any atom is -0.314 e. The summed E-state index contributed by atoms with van der Waals surface area (Å²) in [6.07, 6.45) is 5.01. The van der Waals surface area contributed by atoms with Crippen molar-refractivity contribution >= 4 is 0 Å². The number of aryl methyl sites for hydroxylation is 1. The minimum atomic E-state index is 0.443. The van der Waals surface area contributed by atoms with E-state index in [4.69, 9.17) is 0 Å². The molecule has 1 aromatic heterocycles. The average Bonchev–Trinajstić information content (AvgIpc) is 2.36. The van der Waals surface area contributed by atoms with Crippen LogP contribution in [0.5, 0.6) is 0 Å². The Hall–Kier alpha value is -0.960. The maximum atomic E-state index is 4.42. The second kappa shape index (κ2) is 7.38. The molecule has 96 valence electrons. The number of nitrogens with one attached hydrogen (secondary N) is 1. The van der Waals surface area contributed by atoms with E-state index >= 15 is 0 Å². The number of hydrogen-bond acceptors (Lipinski definition) is 3. The summed E-state index contributed by atoms with van der Waals surface area (Å²) in [5.74, 6) is 0.443. The van der Waals surface area contributed by atoms with Crippen LogP contribution < -0.4 is 5.32 Å². The van der Waals surface area contributed by atoms with Crippen molar-refractivity contribution in [2.24, 2.45) is 0 Å². The van der Waals surface area contributed by atoms with Crippen LogP contribution in [0, 0.1) is 0 Å². The maximum Gasteiger partial charge on any atom is 0.115 e. The van der Waals surface area contributed by atoms with Crippen molar-refractivity contribution in [2.75, 3.05) is 6.54 Å². The Kier molecular flexibility index (Phi) is 6.12. The fourth-order valence-electron chi connectivity index (χ4n) is 2.20. The largest absolute Gasteiger partial charge is 0.314 e. The second-order valence-corrected chi connectivity index (χ2v) is 4.55. The van der Waals surface area contributed by atoms with E-state index in [2.05, 4.69) is 49.0 Å². The van der Waals surface area contributed by atoms with Gasteiger partial charge >= 0.3 is 0 Å². The average molecular weight is 235 g/mol. The van der Waals surface area contributed by atoms with Crippen molar-refractivity contribution in [1.29, 1.82) is 0 Å². The lowest BCUT2D eigenvalue weighted by molar-refractivity contribution is 0.442. The lowest BCUT2D eigenvalue weighted by atomic mass is 9.95. The molecule has 0 amide bonds. The minimum absolute atomic E-state index is 0.443. The molecule has 1 N–H and O–H groups in total. The Labute approximate surface area is 105 Å². The van der Waals surface area contributed by atoms with E-state index in [0.29, 0.717) is 12.0 Å². The molecular weight excluding hydrogens is 210 g/mol. The molecule has 1 aromatic rings. The first-order valence-corrected chi connectivity index (χ1v) is 6.77. The standard InChI is InChI=1S/C14H25N3/c1-5-8-12-9-14(17-10-16-12)11(4)13(6-2)15-7-3/h9-11,13,15H,5-8H2,1-4H3. The Bertz CT molecular complexity index is 325. The first-order valence-electron chi connectivity index (χ1n) is 6.77. The van der Waals surface area contributed by atoms with Crippen LogP contribution in [0.15, 0.2) is 12.4 Å². The van der Waals surface area contributed by atoms with E-state index in [1.54, 1.807) is 6.33 Å². The summed E-state index contributed by atoms with van der Waals surface area (Å²) in [4.78, 5) is 8.73. The Morgan fingerprint density at radius 3 is 2.59 bits per heavy atom. The van der Waals surface area contributed by atoms with E-state index in [9.17, 15) is 0 Å².